The zero-order valence-corrected chi connectivity index (χ0v) is 18.5. The van der Waals surface area contributed by atoms with Crippen molar-refractivity contribution in [3.63, 3.8) is 0 Å². The van der Waals surface area contributed by atoms with Crippen LogP contribution in [0.25, 0.3) is 0 Å². The van der Waals surface area contributed by atoms with E-state index in [0.717, 1.165) is 22.4 Å². The highest BCUT2D eigenvalue weighted by molar-refractivity contribution is 7.92. The molecule has 1 amide bonds. The third-order valence-corrected chi connectivity index (χ3v) is 6.90. The van der Waals surface area contributed by atoms with Crippen LogP contribution in [0.15, 0.2) is 59.5 Å². The summed E-state index contributed by atoms with van der Waals surface area (Å²) in [6, 6.07) is 13.4. The quantitative estimate of drug-likeness (QED) is 0.682. The molecule has 2 aromatic rings. The molecule has 29 heavy (non-hydrogen) atoms. The van der Waals surface area contributed by atoms with Gasteiger partial charge in [-0.3, -0.25) is 9.10 Å². The van der Waals surface area contributed by atoms with Gasteiger partial charge in [-0.05, 0) is 43.2 Å². The van der Waals surface area contributed by atoms with Gasteiger partial charge in [-0.25, -0.2) is 16.8 Å². The number of carbonyl (C=O) groups excluding carboxylic acids is 1. The second kappa shape index (κ2) is 8.96. The average molecular weight is 439 g/mol. The van der Waals surface area contributed by atoms with Crippen LogP contribution in [0, 0.1) is 0 Å². The molecule has 0 aliphatic carbocycles. The minimum absolute atomic E-state index is 0.197. The number of sulfone groups is 1. The molecule has 7 nitrogen and oxygen atoms in total. The summed E-state index contributed by atoms with van der Waals surface area (Å²) in [7, 11) is -6.99. The second-order valence-electron chi connectivity index (χ2n) is 6.88. The normalized spacial score (nSPS) is 14.1. The molecule has 9 heteroatoms. The van der Waals surface area contributed by atoms with Crippen molar-refractivity contribution < 1.29 is 21.6 Å². The molecule has 0 fully saturated rings. The first kappa shape index (κ1) is 22.9. The van der Waals surface area contributed by atoms with Gasteiger partial charge in [-0.2, -0.15) is 0 Å². The van der Waals surface area contributed by atoms with E-state index in [0.29, 0.717) is 12.1 Å². The number of hydrogen-bond donors (Lipinski definition) is 1. The topological polar surface area (TPSA) is 101 Å². The maximum atomic E-state index is 12.9. The summed E-state index contributed by atoms with van der Waals surface area (Å²) in [6.07, 6.45) is 2.75. The van der Waals surface area contributed by atoms with Crippen LogP contribution < -0.4 is 9.62 Å². The van der Waals surface area contributed by atoms with Crippen LogP contribution in [0.5, 0.6) is 0 Å². The lowest BCUT2D eigenvalue weighted by Crippen LogP contribution is -2.48. The number of anilines is 1. The van der Waals surface area contributed by atoms with Crippen LogP contribution in [0.1, 0.15) is 31.9 Å². The molecule has 0 radical (unpaired) electrons. The number of nitrogens with one attached hydrogen (secondary N) is 1. The van der Waals surface area contributed by atoms with Crippen LogP contribution in [-0.2, 0) is 24.7 Å². The minimum atomic E-state index is -3.69. The SMILES string of the molecule is CCC(NC(=O)C(C)N(c1ccccc1)S(C)(=O)=O)c1ccc(S(C)(=O)=O)cc1. The fraction of sp³-hybridized carbons (Fsp3) is 0.350. The van der Waals surface area contributed by atoms with E-state index in [2.05, 4.69) is 5.32 Å². The fourth-order valence-corrected chi connectivity index (χ4v) is 4.85. The van der Waals surface area contributed by atoms with Crippen LogP contribution >= 0.6 is 0 Å². The number of hydrogen-bond acceptors (Lipinski definition) is 5. The third kappa shape index (κ3) is 5.80. The maximum absolute atomic E-state index is 12.9. The van der Waals surface area contributed by atoms with Crippen molar-refractivity contribution in [1.29, 1.82) is 0 Å². The molecular formula is C20H26N2O5S2. The average Bonchev–Trinajstić information content (AvgIpc) is 2.65. The van der Waals surface area contributed by atoms with Crippen molar-refractivity contribution in [1.82, 2.24) is 5.32 Å². The summed E-state index contributed by atoms with van der Waals surface area (Å²) in [4.78, 5) is 13.1. The van der Waals surface area contributed by atoms with Gasteiger partial charge in [0.25, 0.3) is 0 Å². The van der Waals surface area contributed by atoms with Gasteiger partial charge in [0.15, 0.2) is 9.84 Å². The number of amides is 1. The van der Waals surface area contributed by atoms with Gasteiger partial charge < -0.3 is 5.32 Å². The van der Waals surface area contributed by atoms with Crippen LogP contribution in [0.3, 0.4) is 0 Å². The van der Waals surface area contributed by atoms with Gasteiger partial charge in [-0.1, -0.05) is 37.3 Å². The highest BCUT2D eigenvalue weighted by Crippen LogP contribution is 2.23. The van der Waals surface area contributed by atoms with Crippen LogP contribution in [0.4, 0.5) is 5.69 Å². The number of benzene rings is 2. The summed E-state index contributed by atoms with van der Waals surface area (Å²) < 4.78 is 49.0. The molecule has 2 rings (SSSR count). The molecule has 2 unspecified atom stereocenters. The first-order valence-corrected chi connectivity index (χ1v) is 12.8. The molecule has 0 saturated carbocycles. The smallest absolute Gasteiger partial charge is 0.244 e. The summed E-state index contributed by atoms with van der Waals surface area (Å²) in [5, 5.41) is 2.87. The third-order valence-electron chi connectivity index (χ3n) is 4.53. The van der Waals surface area contributed by atoms with Gasteiger partial charge in [0.05, 0.1) is 22.9 Å². The molecule has 0 heterocycles. The molecule has 2 aromatic carbocycles. The first-order chi connectivity index (χ1) is 13.4. The van der Waals surface area contributed by atoms with E-state index >= 15 is 0 Å². The summed E-state index contributed by atoms with van der Waals surface area (Å²) in [5.41, 5.74) is 1.15. The molecule has 0 aliphatic heterocycles. The predicted octanol–water partition coefficient (Wildman–Crippen LogP) is 2.51. The van der Waals surface area contributed by atoms with Gasteiger partial charge >= 0.3 is 0 Å². The molecule has 0 saturated heterocycles. The molecule has 158 valence electrons. The maximum Gasteiger partial charge on any atom is 0.244 e. The fourth-order valence-electron chi connectivity index (χ4n) is 3.04. The Morgan fingerprint density at radius 2 is 1.52 bits per heavy atom. The molecule has 0 spiro atoms. The van der Waals surface area contributed by atoms with E-state index in [1.165, 1.54) is 19.1 Å². The van der Waals surface area contributed by atoms with E-state index in [4.69, 9.17) is 0 Å². The molecule has 0 aromatic heterocycles. The predicted molar refractivity (Wildman–Crippen MR) is 114 cm³/mol. The van der Waals surface area contributed by atoms with Crippen molar-refractivity contribution >= 4 is 31.5 Å². The Balaban J connectivity index is 2.25. The van der Waals surface area contributed by atoms with Crippen LogP contribution in [0.2, 0.25) is 0 Å². The van der Waals surface area contributed by atoms with E-state index in [1.807, 2.05) is 6.92 Å². The van der Waals surface area contributed by atoms with Crippen molar-refractivity contribution in [3.05, 3.63) is 60.2 Å². The number of rotatable bonds is 8. The van der Waals surface area contributed by atoms with Gasteiger partial charge in [0, 0.05) is 6.26 Å². The van der Waals surface area contributed by atoms with Crippen molar-refractivity contribution in [2.45, 2.75) is 37.2 Å². The van der Waals surface area contributed by atoms with E-state index in [-0.39, 0.29) is 10.9 Å². The molecule has 1 N–H and O–H groups in total. The zero-order valence-electron chi connectivity index (χ0n) is 16.9. The number of sulfonamides is 1. The number of para-hydroxylation sites is 1. The highest BCUT2D eigenvalue weighted by Gasteiger charge is 2.30. The lowest BCUT2D eigenvalue weighted by Gasteiger charge is -2.29. The summed E-state index contributed by atoms with van der Waals surface area (Å²) >= 11 is 0. The molecule has 0 aliphatic rings. The second-order valence-corrected chi connectivity index (χ2v) is 10.8. The minimum Gasteiger partial charge on any atom is -0.347 e. The monoisotopic (exact) mass is 438 g/mol. The number of nitrogens with zero attached hydrogens (tertiary/aromatic N) is 1. The number of carbonyl (C=O) groups is 1. The zero-order chi connectivity index (χ0) is 21.8. The van der Waals surface area contributed by atoms with Gasteiger partial charge in [0.1, 0.15) is 6.04 Å². The Bertz CT molecular complexity index is 1050. The lowest BCUT2D eigenvalue weighted by molar-refractivity contribution is -0.122. The van der Waals surface area contributed by atoms with Crippen molar-refractivity contribution in [3.8, 4) is 0 Å². The van der Waals surface area contributed by atoms with Crippen molar-refractivity contribution in [2.75, 3.05) is 16.8 Å². The van der Waals surface area contributed by atoms with E-state index in [9.17, 15) is 21.6 Å². The van der Waals surface area contributed by atoms with Crippen LogP contribution in [-0.4, -0.2) is 41.3 Å². The Hall–Kier alpha value is -2.39. The van der Waals surface area contributed by atoms with E-state index in [1.54, 1.807) is 42.5 Å². The summed E-state index contributed by atoms with van der Waals surface area (Å²) in [6.45, 7) is 3.41. The lowest BCUT2D eigenvalue weighted by atomic mass is 10.0. The largest absolute Gasteiger partial charge is 0.347 e. The Kier molecular flexibility index (Phi) is 7.07. The van der Waals surface area contributed by atoms with Crippen molar-refractivity contribution in [2.24, 2.45) is 0 Å². The molecule has 2 atom stereocenters. The Morgan fingerprint density at radius 1 is 0.966 bits per heavy atom. The standard InChI is InChI=1S/C20H26N2O5S2/c1-5-19(16-11-13-18(14-12-16)28(3,24)25)21-20(23)15(2)22(29(4,26)27)17-9-7-6-8-10-17/h6-15,19H,5H2,1-4H3,(H,21,23). The summed E-state index contributed by atoms with van der Waals surface area (Å²) in [5.74, 6) is -0.446. The Labute approximate surface area is 172 Å². The van der Waals surface area contributed by atoms with Gasteiger partial charge in [0.2, 0.25) is 15.9 Å². The first-order valence-electron chi connectivity index (χ1n) is 9.10. The van der Waals surface area contributed by atoms with Gasteiger partial charge in [-0.15, -0.1) is 0 Å². The molecular weight excluding hydrogens is 412 g/mol. The van der Waals surface area contributed by atoms with E-state index < -0.39 is 31.8 Å². The highest BCUT2D eigenvalue weighted by atomic mass is 32.2. The Morgan fingerprint density at radius 3 is 1.97 bits per heavy atom. The molecule has 0 bridgehead atoms.